The van der Waals surface area contributed by atoms with E-state index in [-0.39, 0.29) is 11.9 Å². The zero-order chi connectivity index (χ0) is 17.5. The summed E-state index contributed by atoms with van der Waals surface area (Å²) in [6.07, 6.45) is 1.88. The van der Waals surface area contributed by atoms with Gasteiger partial charge in [-0.25, -0.2) is 9.78 Å². The third kappa shape index (κ3) is 5.19. The van der Waals surface area contributed by atoms with E-state index in [2.05, 4.69) is 25.8 Å². The van der Waals surface area contributed by atoms with Crippen molar-refractivity contribution in [3.8, 4) is 0 Å². The number of nitrogens with zero attached hydrogens (tertiary/aromatic N) is 2. The van der Waals surface area contributed by atoms with Crippen molar-refractivity contribution >= 4 is 17.8 Å². The first-order valence-electron chi connectivity index (χ1n) is 8.52. The van der Waals surface area contributed by atoms with Gasteiger partial charge in [0.05, 0.1) is 6.04 Å². The van der Waals surface area contributed by atoms with E-state index >= 15 is 0 Å². The van der Waals surface area contributed by atoms with Gasteiger partial charge in [-0.1, -0.05) is 6.07 Å². The minimum absolute atomic E-state index is 0.257. The van der Waals surface area contributed by atoms with Crippen LogP contribution in [0.1, 0.15) is 32.4 Å². The van der Waals surface area contributed by atoms with Gasteiger partial charge in [-0.05, 0) is 45.7 Å². The van der Waals surface area contributed by atoms with Crippen LogP contribution in [0.3, 0.4) is 0 Å². The standard InChI is InChI=1S/C17H27N5O2/c1-4-18-17(24)21-16(23)13(3)22-10-8-14(9-11-22)20-15-7-5-6-12(2)19-15/h5-7,13-14H,4,8-11H2,1-3H3,(H,19,20)(H2,18,21,23,24). The molecular weight excluding hydrogens is 306 g/mol. The highest BCUT2D eigenvalue weighted by Crippen LogP contribution is 2.17. The number of rotatable bonds is 5. The first-order valence-corrected chi connectivity index (χ1v) is 8.52. The van der Waals surface area contributed by atoms with Gasteiger partial charge in [0, 0.05) is 31.4 Å². The minimum Gasteiger partial charge on any atom is -0.367 e. The number of carbonyl (C=O) groups is 2. The lowest BCUT2D eigenvalue weighted by molar-refractivity contribution is -0.125. The van der Waals surface area contributed by atoms with E-state index in [0.29, 0.717) is 12.6 Å². The van der Waals surface area contributed by atoms with Crippen molar-refractivity contribution in [1.82, 2.24) is 20.5 Å². The number of nitrogens with one attached hydrogen (secondary N) is 3. The average molecular weight is 333 g/mol. The molecule has 7 heteroatoms. The smallest absolute Gasteiger partial charge is 0.321 e. The molecule has 2 heterocycles. The number of piperidine rings is 1. The molecule has 1 atom stereocenters. The quantitative estimate of drug-likeness (QED) is 0.760. The second-order valence-electron chi connectivity index (χ2n) is 6.14. The van der Waals surface area contributed by atoms with Crippen molar-refractivity contribution in [2.75, 3.05) is 25.0 Å². The molecule has 2 rings (SSSR count). The first-order chi connectivity index (χ1) is 11.5. The number of likely N-dealkylation sites (tertiary alicyclic amines) is 1. The van der Waals surface area contributed by atoms with Crippen LogP contribution in [0.4, 0.5) is 10.6 Å². The summed E-state index contributed by atoms with van der Waals surface area (Å²) in [4.78, 5) is 30.1. The predicted molar refractivity (Wildman–Crippen MR) is 93.9 cm³/mol. The number of aryl methyl sites for hydroxylation is 1. The Bertz CT molecular complexity index is 570. The van der Waals surface area contributed by atoms with Gasteiger partial charge in [-0.2, -0.15) is 0 Å². The fourth-order valence-electron chi connectivity index (χ4n) is 2.85. The van der Waals surface area contributed by atoms with Gasteiger partial charge in [0.2, 0.25) is 5.91 Å². The maximum Gasteiger partial charge on any atom is 0.321 e. The minimum atomic E-state index is -0.434. The topological polar surface area (TPSA) is 86.4 Å². The summed E-state index contributed by atoms with van der Waals surface area (Å²) in [5, 5.41) is 8.40. The number of pyridine rings is 1. The summed E-state index contributed by atoms with van der Waals surface area (Å²) in [7, 11) is 0. The van der Waals surface area contributed by atoms with Gasteiger partial charge < -0.3 is 10.6 Å². The largest absolute Gasteiger partial charge is 0.367 e. The second-order valence-corrected chi connectivity index (χ2v) is 6.14. The highest BCUT2D eigenvalue weighted by Gasteiger charge is 2.27. The van der Waals surface area contributed by atoms with Gasteiger partial charge in [0.15, 0.2) is 0 Å². The van der Waals surface area contributed by atoms with Crippen molar-refractivity contribution in [2.24, 2.45) is 0 Å². The summed E-state index contributed by atoms with van der Waals surface area (Å²) in [6.45, 7) is 7.75. The molecule has 3 N–H and O–H groups in total. The molecule has 1 aromatic rings. The van der Waals surface area contributed by atoms with Crippen molar-refractivity contribution in [3.63, 3.8) is 0 Å². The van der Waals surface area contributed by atoms with E-state index in [1.165, 1.54) is 0 Å². The monoisotopic (exact) mass is 333 g/mol. The molecule has 1 aromatic heterocycles. The molecule has 0 saturated carbocycles. The van der Waals surface area contributed by atoms with E-state index in [4.69, 9.17) is 0 Å². The van der Waals surface area contributed by atoms with Gasteiger partial charge in [0.1, 0.15) is 5.82 Å². The summed E-state index contributed by atoms with van der Waals surface area (Å²) in [5.41, 5.74) is 0.994. The van der Waals surface area contributed by atoms with Crippen LogP contribution in [0.25, 0.3) is 0 Å². The normalized spacial score (nSPS) is 17.1. The van der Waals surface area contributed by atoms with Crippen molar-refractivity contribution in [1.29, 1.82) is 0 Å². The van der Waals surface area contributed by atoms with Crippen LogP contribution in [-0.2, 0) is 4.79 Å². The summed E-state index contributed by atoms with van der Waals surface area (Å²) >= 11 is 0. The fraction of sp³-hybridized carbons (Fsp3) is 0.588. The third-order valence-corrected chi connectivity index (χ3v) is 4.27. The molecule has 1 unspecified atom stereocenters. The van der Waals surface area contributed by atoms with Gasteiger partial charge in [-0.3, -0.25) is 15.0 Å². The molecular formula is C17H27N5O2. The fourth-order valence-corrected chi connectivity index (χ4v) is 2.85. The Balaban J connectivity index is 1.79. The molecule has 132 valence electrons. The molecule has 1 saturated heterocycles. The molecule has 1 aliphatic rings. The first kappa shape index (κ1) is 18.2. The highest BCUT2D eigenvalue weighted by molar-refractivity contribution is 5.96. The number of aromatic nitrogens is 1. The molecule has 1 fully saturated rings. The van der Waals surface area contributed by atoms with Crippen LogP contribution in [0.5, 0.6) is 0 Å². The molecule has 1 aliphatic heterocycles. The molecule has 7 nitrogen and oxygen atoms in total. The molecule has 3 amide bonds. The zero-order valence-corrected chi connectivity index (χ0v) is 14.6. The van der Waals surface area contributed by atoms with Gasteiger partial charge in [0.25, 0.3) is 0 Å². The Kier molecular flexibility index (Phi) is 6.54. The van der Waals surface area contributed by atoms with Crippen molar-refractivity contribution < 1.29 is 9.59 Å². The lowest BCUT2D eigenvalue weighted by atomic mass is 10.0. The van der Waals surface area contributed by atoms with Crippen LogP contribution in [0.2, 0.25) is 0 Å². The van der Waals surface area contributed by atoms with Gasteiger partial charge in [-0.15, -0.1) is 0 Å². The summed E-state index contributed by atoms with van der Waals surface area (Å²) in [6, 6.07) is 5.55. The molecule has 0 radical (unpaired) electrons. The summed E-state index contributed by atoms with van der Waals surface area (Å²) < 4.78 is 0. The number of anilines is 1. The van der Waals surface area contributed by atoms with Crippen LogP contribution < -0.4 is 16.0 Å². The molecule has 0 spiro atoms. The van der Waals surface area contributed by atoms with Crippen LogP contribution in [0.15, 0.2) is 18.2 Å². The van der Waals surface area contributed by atoms with Crippen LogP contribution in [-0.4, -0.2) is 53.5 Å². The van der Waals surface area contributed by atoms with Gasteiger partial charge >= 0.3 is 6.03 Å². The maximum atomic E-state index is 12.1. The molecule has 0 aromatic carbocycles. The van der Waals surface area contributed by atoms with E-state index in [0.717, 1.165) is 37.4 Å². The van der Waals surface area contributed by atoms with Crippen LogP contribution >= 0.6 is 0 Å². The maximum absolute atomic E-state index is 12.1. The Morgan fingerprint density at radius 2 is 2.04 bits per heavy atom. The second kappa shape index (κ2) is 8.63. The van der Waals surface area contributed by atoms with E-state index in [1.54, 1.807) is 0 Å². The Morgan fingerprint density at radius 1 is 1.33 bits per heavy atom. The number of hydrogen-bond donors (Lipinski definition) is 3. The van der Waals surface area contributed by atoms with Crippen LogP contribution in [0, 0.1) is 6.92 Å². The Morgan fingerprint density at radius 3 is 2.67 bits per heavy atom. The van der Waals surface area contributed by atoms with E-state index < -0.39 is 6.03 Å². The lowest BCUT2D eigenvalue weighted by Crippen LogP contribution is -2.52. The molecule has 0 aliphatic carbocycles. The third-order valence-electron chi connectivity index (χ3n) is 4.27. The number of amides is 3. The SMILES string of the molecule is CCNC(=O)NC(=O)C(C)N1CCC(Nc2cccc(C)n2)CC1. The number of imide groups is 1. The summed E-state index contributed by atoms with van der Waals surface area (Å²) in [5.74, 6) is 0.642. The van der Waals surface area contributed by atoms with Crippen molar-refractivity contribution in [3.05, 3.63) is 23.9 Å². The Labute approximate surface area is 143 Å². The molecule has 24 heavy (non-hydrogen) atoms. The number of carbonyl (C=O) groups excluding carboxylic acids is 2. The zero-order valence-electron chi connectivity index (χ0n) is 14.6. The van der Waals surface area contributed by atoms with Crippen molar-refractivity contribution in [2.45, 2.75) is 45.7 Å². The predicted octanol–water partition coefficient (Wildman–Crippen LogP) is 1.50. The molecule has 0 bridgehead atoms. The average Bonchev–Trinajstić information content (AvgIpc) is 2.55. The number of hydrogen-bond acceptors (Lipinski definition) is 5. The highest BCUT2D eigenvalue weighted by atomic mass is 16.2. The lowest BCUT2D eigenvalue weighted by Gasteiger charge is -2.35. The van der Waals surface area contributed by atoms with E-state index in [1.807, 2.05) is 39.0 Å². The van der Waals surface area contributed by atoms with E-state index in [9.17, 15) is 9.59 Å². The Hall–Kier alpha value is -2.15. The number of urea groups is 1.